The van der Waals surface area contributed by atoms with Gasteiger partial charge in [0.25, 0.3) is 0 Å². The third-order valence-corrected chi connectivity index (χ3v) is 3.07. The SMILES string of the molecule is C.NC(C(=O)N1CCCC1)C(O)c1cccnc1. The summed E-state index contributed by atoms with van der Waals surface area (Å²) in [5, 5.41) is 10.0. The van der Waals surface area contributed by atoms with Gasteiger partial charge in [0.05, 0.1) is 0 Å². The first kappa shape index (κ1) is 14.6. The van der Waals surface area contributed by atoms with E-state index in [4.69, 9.17) is 5.73 Å². The third-order valence-electron chi connectivity index (χ3n) is 3.07. The number of rotatable bonds is 3. The van der Waals surface area contributed by atoms with Gasteiger partial charge in [0, 0.05) is 31.0 Å². The van der Waals surface area contributed by atoms with E-state index < -0.39 is 12.1 Å². The Bertz CT molecular complexity index is 377. The molecule has 2 heterocycles. The molecule has 100 valence electrons. The maximum atomic E-state index is 12.0. The summed E-state index contributed by atoms with van der Waals surface area (Å²) in [6.07, 6.45) is 4.19. The fraction of sp³-hybridized carbons (Fsp3) is 0.538. The van der Waals surface area contributed by atoms with Crippen LogP contribution in [0.25, 0.3) is 0 Å². The van der Waals surface area contributed by atoms with Crippen LogP contribution in [0.15, 0.2) is 24.5 Å². The Morgan fingerprint density at radius 3 is 2.67 bits per heavy atom. The van der Waals surface area contributed by atoms with Gasteiger partial charge in [-0.15, -0.1) is 0 Å². The Balaban J connectivity index is 0.00000162. The van der Waals surface area contributed by atoms with Gasteiger partial charge in [0.15, 0.2) is 0 Å². The highest BCUT2D eigenvalue weighted by Gasteiger charge is 2.29. The van der Waals surface area contributed by atoms with Gasteiger partial charge in [0.2, 0.25) is 5.91 Å². The fourth-order valence-corrected chi connectivity index (χ4v) is 2.04. The molecule has 3 N–H and O–H groups in total. The second-order valence-corrected chi connectivity index (χ2v) is 4.29. The molecule has 1 amide bonds. The lowest BCUT2D eigenvalue weighted by molar-refractivity contribution is -0.134. The molecule has 0 aliphatic carbocycles. The minimum atomic E-state index is -0.989. The molecular formula is C13H21N3O2. The summed E-state index contributed by atoms with van der Waals surface area (Å²) in [6, 6.07) is 2.53. The Labute approximate surface area is 108 Å². The molecule has 0 bridgehead atoms. The largest absolute Gasteiger partial charge is 0.386 e. The minimum Gasteiger partial charge on any atom is -0.386 e. The predicted octanol–water partition coefficient (Wildman–Crippen LogP) is 0.701. The van der Waals surface area contributed by atoms with E-state index >= 15 is 0 Å². The molecule has 0 spiro atoms. The Morgan fingerprint density at radius 1 is 1.44 bits per heavy atom. The van der Waals surface area contributed by atoms with Crippen molar-refractivity contribution in [3.63, 3.8) is 0 Å². The Hall–Kier alpha value is -1.46. The van der Waals surface area contributed by atoms with Crippen LogP contribution in [-0.4, -0.2) is 40.0 Å². The van der Waals surface area contributed by atoms with Crippen LogP contribution in [0.3, 0.4) is 0 Å². The van der Waals surface area contributed by atoms with Crippen LogP contribution in [0.2, 0.25) is 0 Å². The van der Waals surface area contributed by atoms with Crippen molar-refractivity contribution in [2.24, 2.45) is 5.73 Å². The van der Waals surface area contributed by atoms with Crippen molar-refractivity contribution in [1.82, 2.24) is 9.88 Å². The van der Waals surface area contributed by atoms with Crippen LogP contribution in [0, 0.1) is 0 Å². The molecule has 1 aromatic heterocycles. The maximum Gasteiger partial charge on any atom is 0.242 e. The highest BCUT2D eigenvalue weighted by molar-refractivity contribution is 5.82. The first-order valence-electron chi connectivity index (χ1n) is 5.82. The number of likely N-dealkylation sites (tertiary alicyclic amines) is 1. The molecule has 2 rings (SSSR count). The topological polar surface area (TPSA) is 79.5 Å². The zero-order chi connectivity index (χ0) is 12.3. The van der Waals surface area contributed by atoms with Gasteiger partial charge >= 0.3 is 0 Å². The van der Waals surface area contributed by atoms with E-state index in [0.29, 0.717) is 5.56 Å². The van der Waals surface area contributed by atoms with Crippen molar-refractivity contribution >= 4 is 5.91 Å². The van der Waals surface area contributed by atoms with Gasteiger partial charge in [-0.2, -0.15) is 0 Å². The lowest BCUT2D eigenvalue weighted by Gasteiger charge is -2.23. The number of carbonyl (C=O) groups excluding carboxylic acids is 1. The fourth-order valence-electron chi connectivity index (χ4n) is 2.04. The number of carbonyl (C=O) groups is 1. The summed E-state index contributed by atoms with van der Waals surface area (Å²) in [5.41, 5.74) is 6.38. The van der Waals surface area contributed by atoms with E-state index in [1.54, 1.807) is 23.2 Å². The Morgan fingerprint density at radius 2 is 2.11 bits per heavy atom. The van der Waals surface area contributed by atoms with Crippen LogP contribution in [0.1, 0.15) is 31.9 Å². The van der Waals surface area contributed by atoms with Gasteiger partial charge in [-0.25, -0.2) is 0 Å². The minimum absolute atomic E-state index is 0. The molecule has 1 fully saturated rings. The molecule has 5 nitrogen and oxygen atoms in total. The second kappa shape index (κ2) is 6.47. The second-order valence-electron chi connectivity index (χ2n) is 4.29. The van der Waals surface area contributed by atoms with Crippen molar-refractivity contribution in [2.75, 3.05) is 13.1 Å². The first-order chi connectivity index (χ1) is 8.20. The molecule has 5 heteroatoms. The summed E-state index contributed by atoms with van der Waals surface area (Å²) in [6.45, 7) is 1.48. The standard InChI is InChI=1S/C12H17N3O2.CH4/c13-10(12(17)15-6-1-2-7-15)11(16)9-4-3-5-14-8-9;/h3-5,8,10-11,16H,1-2,6-7,13H2;1H4. The molecule has 1 aliphatic heterocycles. The zero-order valence-corrected chi connectivity index (χ0v) is 9.62. The number of hydrogen-bond acceptors (Lipinski definition) is 4. The van der Waals surface area contributed by atoms with Crippen molar-refractivity contribution in [3.05, 3.63) is 30.1 Å². The molecule has 0 radical (unpaired) electrons. The molecule has 18 heavy (non-hydrogen) atoms. The van der Waals surface area contributed by atoms with E-state index in [2.05, 4.69) is 4.98 Å². The van der Waals surface area contributed by atoms with E-state index in [-0.39, 0.29) is 13.3 Å². The van der Waals surface area contributed by atoms with Gasteiger partial charge in [-0.05, 0) is 18.9 Å². The summed E-state index contributed by atoms with van der Waals surface area (Å²) < 4.78 is 0. The van der Waals surface area contributed by atoms with Crippen molar-refractivity contribution in [1.29, 1.82) is 0 Å². The van der Waals surface area contributed by atoms with Crippen LogP contribution in [-0.2, 0) is 4.79 Å². The number of nitrogens with two attached hydrogens (primary N) is 1. The van der Waals surface area contributed by atoms with Crippen molar-refractivity contribution in [3.8, 4) is 0 Å². The van der Waals surface area contributed by atoms with Gasteiger partial charge < -0.3 is 15.7 Å². The smallest absolute Gasteiger partial charge is 0.242 e. The highest BCUT2D eigenvalue weighted by Crippen LogP contribution is 2.17. The highest BCUT2D eigenvalue weighted by atomic mass is 16.3. The van der Waals surface area contributed by atoms with E-state index in [1.165, 1.54) is 6.20 Å². The van der Waals surface area contributed by atoms with Crippen LogP contribution < -0.4 is 5.73 Å². The number of nitrogens with zero attached hydrogens (tertiary/aromatic N) is 2. The van der Waals surface area contributed by atoms with E-state index in [0.717, 1.165) is 25.9 Å². The summed E-state index contributed by atoms with van der Waals surface area (Å²) in [4.78, 5) is 17.6. The molecule has 2 atom stereocenters. The third kappa shape index (κ3) is 3.05. The molecule has 1 saturated heterocycles. The maximum absolute atomic E-state index is 12.0. The lowest BCUT2D eigenvalue weighted by atomic mass is 10.0. The Kier molecular flexibility index (Phi) is 5.25. The first-order valence-corrected chi connectivity index (χ1v) is 5.82. The van der Waals surface area contributed by atoms with Crippen LogP contribution in [0.4, 0.5) is 0 Å². The van der Waals surface area contributed by atoms with Gasteiger partial charge in [-0.1, -0.05) is 13.5 Å². The molecule has 0 aromatic carbocycles. The summed E-state index contributed by atoms with van der Waals surface area (Å²) >= 11 is 0. The lowest BCUT2D eigenvalue weighted by Crippen LogP contribution is -2.45. The molecule has 0 saturated carbocycles. The number of hydrogen-bond donors (Lipinski definition) is 2. The van der Waals surface area contributed by atoms with Crippen LogP contribution >= 0.6 is 0 Å². The predicted molar refractivity (Wildman–Crippen MR) is 69.7 cm³/mol. The molecular weight excluding hydrogens is 230 g/mol. The monoisotopic (exact) mass is 251 g/mol. The quantitative estimate of drug-likeness (QED) is 0.829. The van der Waals surface area contributed by atoms with Crippen molar-refractivity contribution in [2.45, 2.75) is 32.4 Å². The average Bonchev–Trinajstić information content (AvgIpc) is 2.91. The van der Waals surface area contributed by atoms with E-state index in [9.17, 15) is 9.90 Å². The van der Waals surface area contributed by atoms with E-state index in [1.807, 2.05) is 0 Å². The molecule has 2 unspecified atom stereocenters. The summed E-state index contributed by atoms with van der Waals surface area (Å²) in [7, 11) is 0. The number of aromatic nitrogens is 1. The van der Waals surface area contributed by atoms with Crippen molar-refractivity contribution < 1.29 is 9.90 Å². The number of amides is 1. The summed E-state index contributed by atoms with van der Waals surface area (Å²) in [5.74, 6) is -0.182. The van der Waals surface area contributed by atoms with Gasteiger partial charge in [-0.3, -0.25) is 9.78 Å². The number of pyridine rings is 1. The number of aliphatic hydroxyl groups is 1. The zero-order valence-electron chi connectivity index (χ0n) is 9.62. The number of aliphatic hydroxyl groups excluding tert-OH is 1. The van der Waals surface area contributed by atoms with Gasteiger partial charge in [0.1, 0.15) is 12.1 Å². The molecule has 1 aromatic rings. The van der Waals surface area contributed by atoms with Crippen LogP contribution in [0.5, 0.6) is 0 Å². The molecule has 1 aliphatic rings. The average molecular weight is 251 g/mol. The normalized spacial score (nSPS) is 18.0.